The number of nitrogens with one attached hydrogen (secondary N) is 1. The Bertz CT molecular complexity index is 654. The Hall–Kier alpha value is -1.79. The van der Waals surface area contributed by atoms with E-state index in [9.17, 15) is 9.59 Å². The monoisotopic (exact) mass is 395 g/mol. The van der Waals surface area contributed by atoms with Gasteiger partial charge >= 0.3 is 0 Å². The molecule has 0 aliphatic carbocycles. The number of methoxy groups -OCH3 is 1. The number of ether oxygens (including phenoxy) is 1. The molecule has 1 N–H and O–H groups in total. The molecule has 0 radical (unpaired) electrons. The quantitative estimate of drug-likeness (QED) is 0.829. The van der Waals surface area contributed by atoms with Gasteiger partial charge in [0.2, 0.25) is 5.91 Å². The van der Waals surface area contributed by atoms with Crippen molar-refractivity contribution in [2.24, 2.45) is 5.92 Å². The van der Waals surface area contributed by atoms with Crippen LogP contribution in [0.1, 0.15) is 35.2 Å². The zero-order valence-corrected chi connectivity index (χ0v) is 17.0. The molecule has 3 rings (SSSR count). The van der Waals surface area contributed by atoms with Crippen molar-refractivity contribution >= 4 is 24.2 Å². The summed E-state index contributed by atoms with van der Waals surface area (Å²) in [6.45, 7) is 6.49. The maximum atomic E-state index is 12.7. The minimum atomic E-state index is 0. The minimum absolute atomic E-state index is 0. The Labute approximate surface area is 167 Å². The fourth-order valence-electron chi connectivity index (χ4n) is 3.74. The van der Waals surface area contributed by atoms with E-state index in [0.717, 1.165) is 30.8 Å². The van der Waals surface area contributed by atoms with Crippen LogP contribution in [0.25, 0.3) is 0 Å². The van der Waals surface area contributed by atoms with E-state index < -0.39 is 0 Å². The van der Waals surface area contributed by atoms with Crippen LogP contribution < -0.4 is 10.1 Å². The van der Waals surface area contributed by atoms with Gasteiger partial charge in [-0.3, -0.25) is 9.59 Å². The lowest BCUT2D eigenvalue weighted by atomic mass is 10.0. The minimum Gasteiger partial charge on any atom is -0.496 e. The number of amides is 2. The Balaban J connectivity index is 0.00000261. The van der Waals surface area contributed by atoms with Crippen molar-refractivity contribution in [3.63, 3.8) is 0 Å². The molecule has 2 aliphatic heterocycles. The summed E-state index contributed by atoms with van der Waals surface area (Å²) in [6.07, 6.45) is 2.76. The summed E-state index contributed by atoms with van der Waals surface area (Å²) in [6, 6.07) is 5.54. The van der Waals surface area contributed by atoms with Crippen LogP contribution in [0.3, 0.4) is 0 Å². The van der Waals surface area contributed by atoms with E-state index in [1.54, 1.807) is 13.2 Å². The van der Waals surface area contributed by atoms with Crippen LogP contribution >= 0.6 is 12.4 Å². The molecule has 1 unspecified atom stereocenters. The van der Waals surface area contributed by atoms with E-state index >= 15 is 0 Å². The van der Waals surface area contributed by atoms with Crippen LogP contribution in [0.5, 0.6) is 5.75 Å². The molecule has 1 atom stereocenters. The second kappa shape index (κ2) is 9.95. The Morgan fingerprint density at radius 3 is 2.52 bits per heavy atom. The highest BCUT2D eigenvalue weighted by Crippen LogP contribution is 2.21. The first-order valence-corrected chi connectivity index (χ1v) is 9.51. The standard InChI is InChI=1S/C20H29N3O3.ClH/c1-15-3-5-17(13-18(15)26-2)20(25)23-11-9-22(10-12-23)19(24)6-4-16-7-8-21-14-16;/h3,5,13,16,21H,4,6-12,14H2,1-2H3;1H. The van der Waals surface area contributed by atoms with Crippen LogP contribution in [0.15, 0.2) is 18.2 Å². The number of carbonyl (C=O) groups is 2. The first-order valence-electron chi connectivity index (χ1n) is 9.51. The Morgan fingerprint density at radius 1 is 1.19 bits per heavy atom. The average Bonchev–Trinajstić information content (AvgIpc) is 3.19. The van der Waals surface area contributed by atoms with Gasteiger partial charge in [-0.1, -0.05) is 6.07 Å². The molecule has 6 nitrogen and oxygen atoms in total. The smallest absolute Gasteiger partial charge is 0.254 e. The van der Waals surface area contributed by atoms with Crippen molar-refractivity contribution in [3.05, 3.63) is 29.3 Å². The van der Waals surface area contributed by atoms with Gasteiger partial charge in [0, 0.05) is 38.2 Å². The fraction of sp³-hybridized carbons (Fsp3) is 0.600. The third-order valence-electron chi connectivity index (χ3n) is 5.50. The zero-order chi connectivity index (χ0) is 18.5. The van der Waals surface area contributed by atoms with Crippen molar-refractivity contribution in [2.45, 2.75) is 26.2 Å². The van der Waals surface area contributed by atoms with Gasteiger partial charge in [0.05, 0.1) is 7.11 Å². The highest BCUT2D eigenvalue weighted by Gasteiger charge is 2.26. The van der Waals surface area contributed by atoms with Crippen molar-refractivity contribution in [3.8, 4) is 5.75 Å². The molecular weight excluding hydrogens is 366 g/mol. The molecule has 0 saturated carbocycles. The summed E-state index contributed by atoms with van der Waals surface area (Å²) in [5, 5.41) is 3.34. The first kappa shape index (κ1) is 21.5. The Morgan fingerprint density at radius 2 is 1.89 bits per heavy atom. The number of hydrogen-bond acceptors (Lipinski definition) is 4. The van der Waals surface area contributed by atoms with Crippen LogP contribution in [0, 0.1) is 12.8 Å². The number of hydrogen-bond donors (Lipinski definition) is 1. The van der Waals surface area contributed by atoms with Crippen LogP contribution in [0.2, 0.25) is 0 Å². The lowest BCUT2D eigenvalue weighted by Gasteiger charge is -2.35. The second-order valence-corrected chi connectivity index (χ2v) is 7.25. The zero-order valence-electron chi connectivity index (χ0n) is 16.2. The van der Waals surface area contributed by atoms with Gasteiger partial charge in [0.15, 0.2) is 0 Å². The summed E-state index contributed by atoms with van der Waals surface area (Å²) >= 11 is 0. The molecular formula is C20H30ClN3O3. The molecule has 0 aromatic heterocycles. The normalized spacial score (nSPS) is 19.6. The van der Waals surface area contributed by atoms with Gasteiger partial charge in [-0.15, -0.1) is 12.4 Å². The Kier molecular flexibility index (Phi) is 7.92. The van der Waals surface area contributed by atoms with Gasteiger partial charge in [0.1, 0.15) is 5.75 Å². The highest BCUT2D eigenvalue weighted by atomic mass is 35.5. The first-order chi connectivity index (χ1) is 12.6. The predicted molar refractivity (Wildman–Crippen MR) is 108 cm³/mol. The van der Waals surface area contributed by atoms with Gasteiger partial charge in [-0.05, 0) is 56.5 Å². The maximum absolute atomic E-state index is 12.7. The van der Waals surface area contributed by atoms with Crippen molar-refractivity contribution in [2.75, 3.05) is 46.4 Å². The molecule has 2 saturated heterocycles. The molecule has 27 heavy (non-hydrogen) atoms. The SMILES string of the molecule is COc1cc(C(=O)N2CCN(C(=O)CCC3CCNC3)CC2)ccc1C.Cl. The number of piperazine rings is 1. The van der Waals surface area contributed by atoms with Crippen molar-refractivity contribution in [1.82, 2.24) is 15.1 Å². The van der Waals surface area contributed by atoms with Crippen LogP contribution in [0.4, 0.5) is 0 Å². The summed E-state index contributed by atoms with van der Waals surface area (Å²) in [5.74, 6) is 1.60. The van der Waals surface area contributed by atoms with Gasteiger partial charge < -0.3 is 19.9 Å². The summed E-state index contributed by atoms with van der Waals surface area (Å²) < 4.78 is 5.31. The molecule has 1 aromatic carbocycles. The van der Waals surface area contributed by atoms with Crippen LogP contribution in [-0.2, 0) is 4.79 Å². The average molecular weight is 396 g/mol. The molecule has 2 aliphatic rings. The summed E-state index contributed by atoms with van der Waals surface area (Å²) in [5.41, 5.74) is 1.65. The van der Waals surface area contributed by atoms with Crippen molar-refractivity contribution < 1.29 is 14.3 Å². The molecule has 2 fully saturated rings. The van der Waals surface area contributed by atoms with E-state index in [1.807, 2.05) is 28.9 Å². The summed E-state index contributed by atoms with van der Waals surface area (Å²) in [7, 11) is 1.61. The van der Waals surface area contributed by atoms with Crippen LogP contribution in [-0.4, -0.2) is 68.0 Å². The third kappa shape index (κ3) is 5.36. The lowest BCUT2D eigenvalue weighted by molar-refractivity contribution is -0.132. The topological polar surface area (TPSA) is 61.9 Å². The molecule has 2 heterocycles. The molecule has 2 amide bonds. The maximum Gasteiger partial charge on any atom is 0.254 e. The molecule has 0 spiro atoms. The number of rotatable bonds is 5. The predicted octanol–water partition coefficient (Wildman–Crippen LogP) is 2.10. The van der Waals surface area contributed by atoms with Gasteiger partial charge in [-0.2, -0.15) is 0 Å². The van der Waals surface area contributed by atoms with Crippen molar-refractivity contribution in [1.29, 1.82) is 0 Å². The van der Waals surface area contributed by atoms with E-state index in [-0.39, 0.29) is 24.2 Å². The largest absolute Gasteiger partial charge is 0.496 e. The van der Waals surface area contributed by atoms with E-state index in [2.05, 4.69) is 5.32 Å². The molecule has 0 bridgehead atoms. The molecule has 1 aromatic rings. The fourth-order valence-corrected chi connectivity index (χ4v) is 3.74. The number of halogens is 1. The van der Waals surface area contributed by atoms with Gasteiger partial charge in [0.25, 0.3) is 5.91 Å². The molecule has 150 valence electrons. The van der Waals surface area contributed by atoms with E-state index in [1.165, 1.54) is 6.42 Å². The number of nitrogens with zero attached hydrogens (tertiary/aromatic N) is 2. The van der Waals surface area contributed by atoms with E-state index in [0.29, 0.717) is 44.1 Å². The third-order valence-corrected chi connectivity index (χ3v) is 5.50. The number of aryl methyl sites for hydroxylation is 1. The second-order valence-electron chi connectivity index (χ2n) is 7.25. The van der Waals surface area contributed by atoms with Gasteiger partial charge in [-0.25, -0.2) is 0 Å². The highest BCUT2D eigenvalue weighted by molar-refractivity contribution is 5.95. The summed E-state index contributed by atoms with van der Waals surface area (Å²) in [4.78, 5) is 28.9. The molecule has 7 heteroatoms. The van der Waals surface area contributed by atoms with E-state index in [4.69, 9.17) is 4.74 Å². The number of benzene rings is 1. The number of carbonyl (C=O) groups excluding carboxylic acids is 2. The lowest BCUT2D eigenvalue weighted by Crippen LogP contribution is -2.50.